The van der Waals surface area contributed by atoms with E-state index in [0.29, 0.717) is 5.02 Å². The average Bonchev–Trinajstić information content (AvgIpc) is 2.65. The molecule has 1 aromatic heterocycles. The number of fused-ring (bicyclic) bond motifs is 1. The maximum Gasteiger partial charge on any atom is 0.192 e. The van der Waals surface area contributed by atoms with Crippen LogP contribution >= 0.6 is 11.6 Å². The minimum atomic E-state index is -2.00. The predicted octanol–water partition coefficient (Wildman–Crippen LogP) is 8.28. The number of hydrogen-bond acceptors (Lipinski definition) is 3. The fourth-order valence-corrected chi connectivity index (χ4v) is 6.13. The van der Waals surface area contributed by atoms with Crippen LogP contribution in [0.3, 0.4) is 0 Å². The molecule has 0 spiro atoms. The van der Waals surface area contributed by atoms with Crippen molar-refractivity contribution in [3.63, 3.8) is 0 Å². The number of halogens is 1. The van der Waals surface area contributed by atoms with E-state index in [1.165, 1.54) is 5.56 Å². The minimum absolute atomic E-state index is 0.00507. The van der Waals surface area contributed by atoms with Gasteiger partial charge in [0.25, 0.3) is 0 Å². The molecule has 5 heteroatoms. The number of aliphatic hydroxyl groups excluding tert-OH is 1. The van der Waals surface area contributed by atoms with Gasteiger partial charge in [-0.05, 0) is 72.5 Å². The number of pyridine rings is 1. The van der Waals surface area contributed by atoms with Crippen molar-refractivity contribution < 1.29 is 9.53 Å². The highest BCUT2D eigenvalue weighted by atomic mass is 35.5. The summed E-state index contributed by atoms with van der Waals surface area (Å²) in [5.74, 6) is 0.204. The van der Waals surface area contributed by atoms with Crippen LogP contribution in [0.4, 0.5) is 0 Å². The van der Waals surface area contributed by atoms with Crippen molar-refractivity contribution in [2.75, 3.05) is 0 Å². The zero-order valence-electron chi connectivity index (χ0n) is 22.1. The fourth-order valence-electron chi connectivity index (χ4n) is 4.74. The van der Waals surface area contributed by atoms with E-state index in [1.807, 2.05) is 24.3 Å². The van der Waals surface area contributed by atoms with E-state index in [4.69, 9.17) is 21.0 Å². The Balaban J connectivity index is 2.21. The third kappa shape index (κ3) is 5.40. The molecule has 3 rings (SSSR count). The summed E-state index contributed by atoms with van der Waals surface area (Å²) in [6.07, 6.45) is 1.14. The van der Waals surface area contributed by atoms with Gasteiger partial charge in [0.2, 0.25) is 0 Å². The Labute approximate surface area is 207 Å². The fraction of sp³-hybridized carbons (Fsp3) is 0.607. The van der Waals surface area contributed by atoms with Crippen LogP contribution in [0.5, 0.6) is 0 Å². The molecule has 1 aromatic carbocycles. The summed E-state index contributed by atoms with van der Waals surface area (Å²) in [6, 6.07) is 7.48. The van der Waals surface area contributed by atoms with Gasteiger partial charge in [-0.3, -0.25) is 4.98 Å². The Kier molecular flexibility index (Phi) is 7.29. The second-order valence-electron chi connectivity index (χ2n) is 12.4. The van der Waals surface area contributed by atoms with Crippen molar-refractivity contribution in [2.45, 2.75) is 104 Å². The maximum atomic E-state index is 11.5. The van der Waals surface area contributed by atoms with Crippen molar-refractivity contribution in [3.05, 3.63) is 62.9 Å². The first-order valence-corrected chi connectivity index (χ1v) is 15.5. The summed E-state index contributed by atoms with van der Waals surface area (Å²) in [7, 11) is -2.00. The van der Waals surface area contributed by atoms with E-state index in [9.17, 15) is 5.11 Å². The first kappa shape index (κ1) is 26.4. The number of aliphatic hydroxyl groups is 1. The molecule has 0 radical (unpaired) electrons. The van der Waals surface area contributed by atoms with E-state index in [1.54, 1.807) is 0 Å². The van der Waals surface area contributed by atoms with Crippen LogP contribution < -0.4 is 0 Å². The first-order valence-electron chi connectivity index (χ1n) is 12.2. The lowest BCUT2D eigenvalue weighted by Crippen LogP contribution is -2.44. The molecule has 0 aliphatic heterocycles. The molecule has 2 unspecified atom stereocenters. The van der Waals surface area contributed by atoms with Gasteiger partial charge < -0.3 is 9.53 Å². The molecule has 0 bridgehead atoms. The summed E-state index contributed by atoms with van der Waals surface area (Å²) < 4.78 is 7.04. The molecule has 2 aromatic rings. The van der Waals surface area contributed by atoms with Gasteiger partial charge in [0, 0.05) is 27.5 Å². The van der Waals surface area contributed by atoms with Crippen molar-refractivity contribution >= 4 is 19.9 Å². The molecular weight excluding hydrogens is 446 g/mol. The highest BCUT2D eigenvalue weighted by Gasteiger charge is 2.44. The molecule has 2 atom stereocenters. The summed E-state index contributed by atoms with van der Waals surface area (Å²) in [5.41, 5.74) is 6.33. The van der Waals surface area contributed by atoms with Gasteiger partial charge in [-0.15, -0.1) is 0 Å². The van der Waals surface area contributed by atoms with Crippen molar-refractivity contribution in [3.8, 4) is 0 Å². The van der Waals surface area contributed by atoms with Crippen LogP contribution in [-0.2, 0) is 10.8 Å². The van der Waals surface area contributed by atoms with Crippen LogP contribution in [0.25, 0.3) is 0 Å². The van der Waals surface area contributed by atoms with Crippen LogP contribution in [0, 0.1) is 12.3 Å². The third-order valence-corrected chi connectivity index (χ3v) is 12.3. The number of nitrogens with zero attached hydrogens (tertiary/aromatic N) is 1. The predicted molar refractivity (Wildman–Crippen MR) is 142 cm³/mol. The second-order valence-corrected chi connectivity index (χ2v) is 17.6. The number of aromatic nitrogens is 1. The molecule has 182 valence electrons. The van der Waals surface area contributed by atoms with Crippen LogP contribution in [0.15, 0.2) is 24.3 Å². The summed E-state index contributed by atoms with van der Waals surface area (Å²) in [6.45, 7) is 22.6. The Hall–Kier alpha value is -1.20. The Morgan fingerprint density at radius 2 is 1.73 bits per heavy atom. The largest absolute Gasteiger partial charge is 0.410 e. The maximum absolute atomic E-state index is 11.5. The van der Waals surface area contributed by atoms with Gasteiger partial charge in [-0.2, -0.15) is 0 Å². The van der Waals surface area contributed by atoms with Crippen molar-refractivity contribution in [1.29, 1.82) is 0 Å². The molecule has 0 amide bonds. The molecule has 1 N–H and O–H groups in total. The molecule has 0 saturated carbocycles. The van der Waals surface area contributed by atoms with E-state index in [0.717, 1.165) is 40.9 Å². The molecule has 1 aliphatic carbocycles. The Morgan fingerprint density at radius 1 is 1.15 bits per heavy atom. The number of rotatable bonds is 5. The summed E-state index contributed by atoms with van der Waals surface area (Å²) in [5, 5.41) is 12.3. The summed E-state index contributed by atoms with van der Waals surface area (Å²) >= 11 is 6.11. The SMILES string of the molecule is Cc1c2c(nc(C(C)C)c1C(O)c1ccc(Cl)cc1)CC(C)(C)CC2O[Si](C)(C)C(C)(C)C. The second kappa shape index (κ2) is 9.11. The molecular formula is C28H42ClNO2Si. The van der Waals surface area contributed by atoms with Crippen LogP contribution in [0.1, 0.15) is 107 Å². The highest BCUT2D eigenvalue weighted by molar-refractivity contribution is 6.74. The van der Waals surface area contributed by atoms with E-state index >= 15 is 0 Å². The highest BCUT2D eigenvalue weighted by Crippen LogP contribution is 2.49. The van der Waals surface area contributed by atoms with E-state index in [-0.39, 0.29) is 22.5 Å². The topological polar surface area (TPSA) is 42.4 Å². The molecule has 1 aliphatic rings. The van der Waals surface area contributed by atoms with Gasteiger partial charge in [-0.25, -0.2) is 0 Å². The van der Waals surface area contributed by atoms with Gasteiger partial charge in [-0.1, -0.05) is 72.2 Å². The van der Waals surface area contributed by atoms with Crippen LogP contribution in [-0.4, -0.2) is 18.4 Å². The monoisotopic (exact) mass is 487 g/mol. The lowest BCUT2D eigenvalue weighted by atomic mass is 9.72. The summed E-state index contributed by atoms with van der Waals surface area (Å²) in [4.78, 5) is 5.23. The normalized spacial score (nSPS) is 19.5. The quantitative estimate of drug-likeness (QED) is 0.431. The molecule has 3 nitrogen and oxygen atoms in total. The van der Waals surface area contributed by atoms with E-state index in [2.05, 4.69) is 68.5 Å². The standard InChI is InChI=1S/C28H42ClNO2Si/c1-17(2)25-24(26(31)19-11-13-20(29)14-12-19)18(3)23-21(30-25)15-28(7,8)16-22(23)32-33(9,10)27(4,5)6/h11-14,17,22,26,31H,15-16H2,1-10H3. The zero-order chi connectivity index (χ0) is 24.9. The Bertz CT molecular complexity index is 1010. The van der Waals surface area contributed by atoms with E-state index < -0.39 is 14.4 Å². The molecule has 33 heavy (non-hydrogen) atoms. The Morgan fingerprint density at radius 3 is 2.24 bits per heavy atom. The average molecular weight is 488 g/mol. The number of hydrogen-bond donors (Lipinski definition) is 1. The molecule has 1 heterocycles. The third-order valence-electron chi connectivity index (χ3n) is 7.61. The smallest absolute Gasteiger partial charge is 0.192 e. The molecule has 0 saturated heterocycles. The lowest BCUT2D eigenvalue weighted by molar-refractivity contribution is 0.105. The zero-order valence-corrected chi connectivity index (χ0v) is 23.9. The van der Waals surface area contributed by atoms with Gasteiger partial charge >= 0.3 is 0 Å². The lowest BCUT2D eigenvalue weighted by Gasteiger charge is -2.45. The van der Waals surface area contributed by atoms with Crippen LogP contribution in [0.2, 0.25) is 23.2 Å². The minimum Gasteiger partial charge on any atom is -0.410 e. The molecule has 0 fully saturated rings. The van der Waals surface area contributed by atoms with Crippen molar-refractivity contribution in [2.24, 2.45) is 5.41 Å². The first-order chi connectivity index (χ1) is 15.0. The van der Waals surface area contributed by atoms with Gasteiger partial charge in [0.1, 0.15) is 6.10 Å². The van der Waals surface area contributed by atoms with Gasteiger partial charge in [0.05, 0.1) is 6.10 Å². The van der Waals surface area contributed by atoms with Crippen molar-refractivity contribution in [1.82, 2.24) is 4.98 Å². The number of benzene rings is 1. The van der Waals surface area contributed by atoms with Gasteiger partial charge in [0.15, 0.2) is 8.32 Å².